The Morgan fingerprint density at radius 3 is 2.45 bits per heavy atom. The van der Waals surface area contributed by atoms with E-state index in [1.165, 1.54) is 13.1 Å². The number of piperidine rings is 1. The molecule has 0 amide bonds. The number of nitrogens with one attached hydrogen (secondary N) is 2. The quantitative estimate of drug-likeness (QED) is 0.304. The monoisotopic (exact) mass is 437 g/mol. The molecule has 9 nitrogen and oxygen atoms in total. The summed E-state index contributed by atoms with van der Waals surface area (Å²) in [6.07, 6.45) is 0.562. The largest absolute Gasteiger partial charge is 0.511 e. The van der Waals surface area contributed by atoms with Crippen molar-refractivity contribution in [2.24, 2.45) is 10.9 Å². The molecule has 29 heavy (non-hydrogen) atoms. The van der Waals surface area contributed by atoms with E-state index in [9.17, 15) is 31.7 Å². The van der Waals surface area contributed by atoms with Crippen LogP contribution in [0.25, 0.3) is 0 Å². The molecule has 2 rings (SSSR count). The van der Waals surface area contributed by atoms with Crippen LogP contribution in [-0.4, -0.2) is 55.8 Å². The predicted molar refractivity (Wildman–Crippen MR) is 101 cm³/mol. The second kappa shape index (κ2) is 9.39. The van der Waals surface area contributed by atoms with Crippen molar-refractivity contribution in [3.05, 3.63) is 39.9 Å². The van der Waals surface area contributed by atoms with Crippen LogP contribution in [0.4, 0.5) is 18.9 Å². The molecule has 0 aliphatic carbocycles. The summed E-state index contributed by atoms with van der Waals surface area (Å²) in [5.41, 5.74) is -4.83. The van der Waals surface area contributed by atoms with Crippen LogP contribution in [0.1, 0.15) is 18.4 Å². The Morgan fingerprint density at radius 1 is 1.28 bits per heavy atom. The topological polar surface area (TPSA) is 117 Å². The number of alkyl halides is 3. The lowest BCUT2D eigenvalue weighted by Crippen LogP contribution is -2.47. The number of nitrogens with zero attached hydrogens (tertiary/aromatic N) is 3. The van der Waals surface area contributed by atoms with E-state index in [0.29, 0.717) is 22.4 Å². The molecule has 0 bridgehead atoms. The van der Waals surface area contributed by atoms with Gasteiger partial charge in [0.05, 0.1) is 4.92 Å². The highest BCUT2D eigenvalue weighted by molar-refractivity contribution is 7.90. The molecule has 0 aromatic heterocycles. The molecule has 2 N–H and O–H groups in total. The molecule has 1 aromatic rings. The summed E-state index contributed by atoms with van der Waals surface area (Å²) in [5, 5.41) is 17.0. The minimum Gasteiger partial charge on any atom is -0.356 e. The number of halogens is 3. The summed E-state index contributed by atoms with van der Waals surface area (Å²) >= 11 is 0. The van der Waals surface area contributed by atoms with Crippen molar-refractivity contribution in [3.8, 4) is 0 Å². The standard InChI is InChI=1S/C16H22F3N5O4S/c1-20-15(22-11-13-4-2-3-5-14(13)24(25)26)21-10-12-6-8-23(9-7-12)29(27,28)16(17,18)19/h2-5,12H,6-11H2,1H3,(H2,20,21,22). The highest BCUT2D eigenvalue weighted by Gasteiger charge is 2.50. The van der Waals surface area contributed by atoms with Gasteiger partial charge in [0.2, 0.25) is 0 Å². The maximum absolute atomic E-state index is 12.6. The summed E-state index contributed by atoms with van der Waals surface area (Å²) in [6.45, 7) is 0.155. The second-order valence-electron chi connectivity index (χ2n) is 6.49. The summed E-state index contributed by atoms with van der Waals surface area (Å²) < 4.78 is 61.2. The molecule has 0 atom stereocenters. The van der Waals surface area contributed by atoms with Crippen molar-refractivity contribution in [3.63, 3.8) is 0 Å². The van der Waals surface area contributed by atoms with Crippen LogP contribution in [0.15, 0.2) is 29.3 Å². The van der Waals surface area contributed by atoms with Gasteiger partial charge in [-0.25, -0.2) is 8.42 Å². The van der Waals surface area contributed by atoms with E-state index in [0.717, 1.165) is 0 Å². The number of sulfonamides is 1. The number of guanidine groups is 1. The molecular formula is C16H22F3N5O4S. The molecule has 1 fully saturated rings. The van der Waals surface area contributed by atoms with Gasteiger partial charge in [0.15, 0.2) is 5.96 Å². The fourth-order valence-electron chi connectivity index (χ4n) is 2.98. The highest BCUT2D eigenvalue weighted by atomic mass is 32.2. The molecule has 13 heteroatoms. The van der Waals surface area contributed by atoms with Crippen molar-refractivity contribution in [2.75, 3.05) is 26.7 Å². The van der Waals surface area contributed by atoms with Gasteiger partial charge in [0.1, 0.15) is 0 Å². The maximum atomic E-state index is 12.6. The number of hydrogen-bond acceptors (Lipinski definition) is 5. The number of benzene rings is 1. The fraction of sp³-hybridized carbons (Fsp3) is 0.562. The molecule has 1 aliphatic heterocycles. The Balaban J connectivity index is 1.83. The number of nitro benzene ring substituents is 1. The van der Waals surface area contributed by atoms with Gasteiger partial charge < -0.3 is 10.6 Å². The van der Waals surface area contributed by atoms with Crippen molar-refractivity contribution < 1.29 is 26.5 Å². The second-order valence-corrected chi connectivity index (χ2v) is 8.42. The first kappa shape index (κ1) is 22.9. The molecule has 1 aliphatic rings. The van der Waals surface area contributed by atoms with Crippen LogP contribution >= 0.6 is 0 Å². The average Bonchev–Trinajstić information content (AvgIpc) is 2.67. The minimum absolute atomic E-state index is 0.0197. The molecule has 1 heterocycles. The smallest absolute Gasteiger partial charge is 0.356 e. The van der Waals surface area contributed by atoms with Gasteiger partial charge in [-0.1, -0.05) is 18.2 Å². The fourth-order valence-corrected chi connectivity index (χ4v) is 3.96. The summed E-state index contributed by atoms with van der Waals surface area (Å²) in [4.78, 5) is 14.6. The number of rotatable bonds is 6. The zero-order valence-corrected chi connectivity index (χ0v) is 16.5. The van der Waals surface area contributed by atoms with Gasteiger partial charge in [-0.3, -0.25) is 15.1 Å². The van der Waals surface area contributed by atoms with Gasteiger partial charge in [-0.15, -0.1) is 0 Å². The van der Waals surface area contributed by atoms with Crippen LogP contribution in [-0.2, 0) is 16.6 Å². The molecule has 1 aromatic carbocycles. The van der Waals surface area contributed by atoms with Crippen LogP contribution in [0, 0.1) is 16.0 Å². The number of hydrogen-bond donors (Lipinski definition) is 2. The summed E-state index contributed by atoms with van der Waals surface area (Å²) in [7, 11) is -3.77. The van der Waals surface area contributed by atoms with Crippen molar-refractivity contribution in [1.82, 2.24) is 14.9 Å². The lowest BCUT2D eigenvalue weighted by Gasteiger charge is -2.31. The van der Waals surface area contributed by atoms with E-state index in [1.54, 1.807) is 18.2 Å². The van der Waals surface area contributed by atoms with E-state index in [4.69, 9.17) is 0 Å². The molecule has 0 spiro atoms. The number of para-hydroxylation sites is 1. The third-order valence-electron chi connectivity index (χ3n) is 4.62. The van der Waals surface area contributed by atoms with Gasteiger partial charge in [-0.05, 0) is 18.8 Å². The third kappa shape index (κ3) is 5.79. The molecule has 0 unspecified atom stereocenters. The molecule has 0 radical (unpaired) electrons. The first-order valence-electron chi connectivity index (χ1n) is 8.79. The zero-order chi connectivity index (χ0) is 21.7. The first-order valence-corrected chi connectivity index (χ1v) is 10.2. The van der Waals surface area contributed by atoms with Crippen molar-refractivity contribution in [1.29, 1.82) is 0 Å². The van der Waals surface area contributed by atoms with Gasteiger partial charge in [-0.2, -0.15) is 17.5 Å². The summed E-state index contributed by atoms with van der Waals surface area (Å²) in [5.74, 6) is 0.354. The predicted octanol–water partition coefficient (Wildman–Crippen LogP) is 1.82. The SMILES string of the molecule is CN=C(NCc1ccccc1[N+](=O)[O-])NCC1CCN(S(=O)(=O)C(F)(F)F)CC1. The van der Waals surface area contributed by atoms with E-state index in [1.807, 2.05) is 0 Å². The Kier molecular flexibility index (Phi) is 7.41. The third-order valence-corrected chi connectivity index (χ3v) is 6.25. The van der Waals surface area contributed by atoms with E-state index < -0.39 is 20.5 Å². The van der Waals surface area contributed by atoms with E-state index in [2.05, 4.69) is 15.6 Å². The first-order chi connectivity index (χ1) is 13.6. The maximum Gasteiger partial charge on any atom is 0.511 e. The Bertz CT molecular complexity index is 852. The lowest BCUT2D eigenvalue weighted by atomic mass is 9.98. The van der Waals surface area contributed by atoms with Crippen molar-refractivity contribution >= 4 is 21.7 Å². The van der Waals surface area contributed by atoms with E-state index >= 15 is 0 Å². The van der Waals surface area contributed by atoms with Gasteiger partial charge >= 0.3 is 15.5 Å². The van der Waals surface area contributed by atoms with Gasteiger partial charge in [0.25, 0.3) is 5.69 Å². The Hall–Kier alpha value is -2.41. The molecule has 0 saturated carbocycles. The lowest BCUT2D eigenvalue weighted by molar-refractivity contribution is -0.385. The van der Waals surface area contributed by atoms with Gasteiger partial charge in [0, 0.05) is 44.9 Å². The van der Waals surface area contributed by atoms with Crippen LogP contribution in [0.5, 0.6) is 0 Å². The summed E-state index contributed by atoms with van der Waals surface area (Å²) in [6, 6.07) is 6.27. The highest BCUT2D eigenvalue weighted by Crippen LogP contribution is 2.30. The van der Waals surface area contributed by atoms with Crippen molar-refractivity contribution in [2.45, 2.75) is 24.9 Å². The molecular weight excluding hydrogens is 415 g/mol. The van der Waals surface area contributed by atoms with Crippen LogP contribution < -0.4 is 10.6 Å². The van der Waals surface area contributed by atoms with E-state index in [-0.39, 0.29) is 44.1 Å². The number of aliphatic imine (C=N–C) groups is 1. The normalized spacial score (nSPS) is 17.2. The molecule has 162 valence electrons. The Labute approximate surface area is 166 Å². The van der Waals surface area contributed by atoms with Crippen LogP contribution in [0.2, 0.25) is 0 Å². The zero-order valence-electron chi connectivity index (χ0n) is 15.6. The van der Waals surface area contributed by atoms with Crippen LogP contribution in [0.3, 0.4) is 0 Å². The average molecular weight is 437 g/mol. The Morgan fingerprint density at radius 2 is 1.90 bits per heavy atom. The molecule has 1 saturated heterocycles. The minimum atomic E-state index is -5.29. The number of nitro groups is 1.